The normalized spacial score (nSPS) is 21.4. The molecule has 0 radical (unpaired) electrons. The molecular weight excluding hydrogens is 282 g/mol. The van der Waals surface area contributed by atoms with E-state index < -0.39 is 15.9 Å². The zero-order valence-corrected chi connectivity index (χ0v) is 11.9. The van der Waals surface area contributed by atoms with Gasteiger partial charge in [0.1, 0.15) is 0 Å². The summed E-state index contributed by atoms with van der Waals surface area (Å²) >= 11 is 0. The van der Waals surface area contributed by atoms with Gasteiger partial charge >= 0.3 is 0 Å². The molecule has 1 aliphatic heterocycles. The molecule has 0 bridgehead atoms. The molecule has 20 heavy (non-hydrogen) atoms. The molecule has 0 aliphatic carbocycles. The number of aromatic hydroxyl groups is 1. The van der Waals surface area contributed by atoms with E-state index >= 15 is 0 Å². The minimum atomic E-state index is -3.07. The molecule has 1 fully saturated rings. The smallest absolute Gasteiger partial charge is 0.227 e. The van der Waals surface area contributed by atoms with Crippen LogP contribution < -0.4 is 10.6 Å². The van der Waals surface area contributed by atoms with Crippen LogP contribution in [0.2, 0.25) is 0 Å². The second-order valence-electron chi connectivity index (χ2n) is 4.84. The lowest BCUT2D eigenvalue weighted by Gasteiger charge is -2.23. The zero-order valence-electron chi connectivity index (χ0n) is 11.1. The number of anilines is 1. The van der Waals surface area contributed by atoms with Crippen molar-refractivity contribution in [2.24, 2.45) is 0 Å². The maximum atomic E-state index is 11.9. The largest absolute Gasteiger partial charge is 0.504 e. The second kappa shape index (κ2) is 5.76. The van der Waals surface area contributed by atoms with Gasteiger partial charge in [0.15, 0.2) is 21.4 Å². The molecule has 2 rings (SSSR count). The van der Waals surface area contributed by atoms with Crippen LogP contribution in [0.25, 0.3) is 0 Å². The Morgan fingerprint density at radius 3 is 3.00 bits per heavy atom. The maximum absolute atomic E-state index is 11.9. The number of hydrogen-bond donors (Lipinski definition) is 3. The number of carbonyl (C=O) groups is 1. The summed E-state index contributed by atoms with van der Waals surface area (Å²) in [6.07, 6.45) is 0.0221. The first-order valence-corrected chi connectivity index (χ1v) is 8.08. The number of hydrogen-bond acceptors (Lipinski definition) is 6. The van der Waals surface area contributed by atoms with Crippen LogP contribution in [0.5, 0.6) is 5.75 Å². The summed E-state index contributed by atoms with van der Waals surface area (Å²) in [6, 6.07) is 2.67. The molecule has 0 spiro atoms. The summed E-state index contributed by atoms with van der Waals surface area (Å²) in [7, 11) is -3.07. The number of aryl methyl sites for hydroxylation is 1. The van der Waals surface area contributed by atoms with Gasteiger partial charge in [-0.3, -0.25) is 4.79 Å². The number of carbonyl (C=O) groups excluding carboxylic acids is 1. The molecule has 1 atom stereocenters. The number of amides is 1. The second-order valence-corrected chi connectivity index (χ2v) is 7.07. The van der Waals surface area contributed by atoms with Gasteiger partial charge in [0, 0.05) is 24.7 Å². The van der Waals surface area contributed by atoms with Crippen molar-refractivity contribution in [2.45, 2.75) is 19.4 Å². The quantitative estimate of drug-likeness (QED) is 0.714. The van der Waals surface area contributed by atoms with E-state index in [0.717, 1.165) is 0 Å². The Bertz CT molecular complexity index is 615. The van der Waals surface area contributed by atoms with Gasteiger partial charge in [-0.25, -0.2) is 13.4 Å². The molecule has 0 aromatic carbocycles. The minimum Gasteiger partial charge on any atom is -0.504 e. The average molecular weight is 299 g/mol. The Kier molecular flexibility index (Phi) is 4.24. The van der Waals surface area contributed by atoms with Gasteiger partial charge in [0.25, 0.3) is 0 Å². The Balaban J connectivity index is 1.97. The summed E-state index contributed by atoms with van der Waals surface area (Å²) in [5, 5.41) is 15.1. The highest BCUT2D eigenvalue weighted by Crippen LogP contribution is 2.20. The van der Waals surface area contributed by atoms with Crippen LogP contribution in [0, 0.1) is 6.92 Å². The van der Waals surface area contributed by atoms with Crippen molar-refractivity contribution in [1.82, 2.24) is 10.3 Å². The molecule has 2 heterocycles. The first-order chi connectivity index (χ1) is 9.35. The molecule has 3 N–H and O–H groups in total. The topological polar surface area (TPSA) is 108 Å². The van der Waals surface area contributed by atoms with Crippen LogP contribution in [0.1, 0.15) is 12.1 Å². The molecule has 1 saturated heterocycles. The zero-order chi connectivity index (χ0) is 14.8. The van der Waals surface area contributed by atoms with Gasteiger partial charge in [-0.1, -0.05) is 0 Å². The van der Waals surface area contributed by atoms with Crippen molar-refractivity contribution in [2.75, 3.05) is 23.4 Å². The first kappa shape index (κ1) is 14.7. The third kappa shape index (κ3) is 3.91. The van der Waals surface area contributed by atoms with E-state index in [0.29, 0.717) is 12.2 Å². The minimum absolute atomic E-state index is 0.0221. The van der Waals surface area contributed by atoms with E-state index in [1.165, 1.54) is 6.07 Å². The highest BCUT2D eigenvalue weighted by Gasteiger charge is 2.26. The monoisotopic (exact) mass is 299 g/mol. The lowest BCUT2D eigenvalue weighted by molar-refractivity contribution is -0.116. The number of nitrogens with zero attached hydrogens (tertiary/aromatic N) is 1. The summed E-state index contributed by atoms with van der Waals surface area (Å²) < 4.78 is 23.0. The average Bonchev–Trinajstić information content (AvgIpc) is 2.32. The number of pyridine rings is 1. The Hall–Kier alpha value is -1.67. The molecular formula is C12H17N3O4S. The fourth-order valence-corrected chi connectivity index (χ4v) is 3.49. The van der Waals surface area contributed by atoms with Crippen LogP contribution in [0.15, 0.2) is 12.1 Å². The molecule has 1 aromatic heterocycles. The standard InChI is InChI=1S/C12H17N3O4S/c1-8-2-3-10(16)12(14-8)15-11(17)6-9-7-20(18,19)5-4-13-9/h2-3,9,13,16H,4-7H2,1H3,(H,14,15,17). The van der Waals surface area contributed by atoms with Crippen molar-refractivity contribution in [3.8, 4) is 5.75 Å². The third-order valence-corrected chi connectivity index (χ3v) is 4.74. The van der Waals surface area contributed by atoms with E-state index in [9.17, 15) is 18.3 Å². The van der Waals surface area contributed by atoms with Gasteiger partial charge in [-0.2, -0.15) is 0 Å². The van der Waals surface area contributed by atoms with E-state index in [2.05, 4.69) is 15.6 Å². The van der Waals surface area contributed by atoms with E-state index in [1.54, 1.807) is 13.0 Å². The first-order valence-electron chi connectivity index (χ1n) is 6.26. The molecule has 8 heteroatoms. The number of sulfone groups is 1. The van der Waals surface area contributed by atoms with Crippen LogP contribution in [-0.4, -0.2) is 48.5 Å². The number of aromatic nitrogens is 1. The maximum Gasteiger partial charge on any atom is 0.227 e. The fourth-order valence-electron chi connectivity index (χ4n) is 2.05. The van der Waals surface area contributed by atoms with Crippen LogP contribution in [0.4, 0.5) is 5.82 Å². The summed E-state index contributed by atoms with van der Waals surface area (Å²) in [5.41, 5.74) is 0.663. The lowest BCUT2D eigenvalue weighted by Crippen LogP contribution is -2.46. The van der Waals surface area contributed by atoms with E-state index in [-0.39, 0.29) is 35.4 Å². The number of nitrogens with one attached hydrogen (secondary N) is 2. The molecule has 110 valence electrons. The van der Waals surface area contributed by atoms with Gasteiger partial charge in [0.2, 0.25) is 5.91 Å². The van der Waals surface area contributed by atoms with E-state index in [1.807, 2.05) is 0 Å². The Morgan fingerprint density at radius 2 is 2.30 bits per heavy atom. The molecule has 1 aliphatic rings. The highest BCUT2D eigenvalue weighted by molar-refractivity contribution is 7.91. The van der Waals surface area contributed by atoms with Crippen LogP contribution >= 0.6 is 0 Å². The Morgan fingerprint density at radius 1 is 1.55 bits per heavy atom. The van der Waals surface area contributed by atoms with Crippen LogP contribution in [-0.2, 0) is 14.6 Å². The van der Waals surface area contributed by atoms with Gasteiger partial charge in [-0.15, -0.1) is 0 Å². The predicted octanol–water partition coefficient (Wildman–Crippen LogP) is -0.189. The summed E-state index contributed by atoms with van der Waals surface area (Å²) in [4.78, 5) is 15.9. The van der Waals surface area contributed by atoms with Crippen LogP contribution in [0.3, 0.4) is 0 Å². The van der Waals surface area contributed by atoms with Crippen molar-refractivity contribution in [1.29, 1.82) is 0 Å². The third-order valence-electron chi connectivity index (χ3n) is 3.00. The van der Waals surface area contributed by atoms with Crippen molar-refractivity contribution >= 4 is 21.6 Å². The Labute approximate surface area is 117 Å². The molecule has 7 nitrogen and oxygen atoms in total. The SMILES string of the molecule is Cc1ccc(O)c(NC(=O)CC2CS(=O)(=O)CCN2)n1. The molecule has 1 unspecified atom stereocenters. The molecule has 1 amide bonds. The molecule has 0 saturated carbocycles. The van der Waals surface area contributed by atoms with Crippen molar-refractivity contribution in [3.63, 3.8) is 0 Å². The fraction of sp³-hybridized carbons (Fsp3) is 0.500. The van der Waals surface area contributed by atoms with E-state index in [4.69, 9.17) is 0 Å². The van der Waals surface area contributed by atoms with Gasteiger partial charge < -0.3 is 15.7 Å². The van der Waals surface area contributed by atoms with Gasteiger partial charge in [-0.05, 0) is 19.1 Å². The highest BCUT2D eigenvalue weighted by atomic mass is 32.2. The van der Waals surface area contributed by atoms with Crippen molar-refractivity contribution < 1.29 is 18.3 Å². The number of rotatable bonds is 3. The molecule has 1 aromatic rings. The van der Waals surface area contributed by atoms with Crippen molar-refractivity contribution in [3.05, 3.63) is 17.8 Å². The summed E-state index contributed by atoms with van der Waals surface area (Å²) in [5.74, 6) is -0.353. The van der Waals surface area contributed by atoms with Gasteiger partial charge in [0.05, 0.1) is 11.5 Å². The predicted molar refractivity (Wildman–Crippen MR) is 74.3 cm³/mol. The lowest BCUT2D eigenvalue weighted by atomic mass is 10.2. The summed E-state index contributed by atoms with van der Waals surface area (Å²) in [6.45, 7) is 2.10.